The molecule has 25 heavy (non-hydrogen) atoms. The van der Waals surface area contributed by atoms with Crippen molar-refractivity contribution in [3.8, 4) is 0 Å². The first kappa shape index (κ1) is 16.5. The Balaban J connectivity index is 1.60. The number of amides is 1. The van der Waals surface area contributed by atoms with Crippen LogP contribution in [0.25, 0.3) is 11.0 Å². The molecule has 0 radical (unpaired) electrons. The van der Waals surface area contributed by atoms with Gasteiger partial charge < -0.3 is 4.98 Å². The minimum atomic E-state index is -0.424. The van der Waals surface area contributed by atoms with Crippen LogP contribution in [-0.2, 0) is 11.2 Å². The molecule has 2 N–H and O–H groups in total. The summed E-state index contributed by atoms with van der Waals surface area (Å²) >= 11 is 0. The van der Waals surface area contributed by atoms with Crippen LogP contribution in [0.5, 0.6) is 0 Å². The molecule has 0 aliphatic heterocycles. The first-order valence-electron chi connectivity index (χ1n) is 7.68. The molecular weight excluding hydrogens is 323 g/mol. The molecular formula is C18H15FN4O2. The molecule has 0 spiro atoms. The zero-order chi connectivity index (χ0) is 17.6. The van der Waals surface area contributed by atoms with Crippen LogP contribution >= 0.6 is 0 Å². The lowest BCUT2D eigenvalue weighted by molar-refractivity contribution is -0.121. The van der Waals surface area contributed by atoms with Gasteiger partial charge in [0.05, 0.1) is 17.2 Å². The van der Waals surface area contributed by atoms with Gasteiger partial charge in [-0.15, -0.1) is 0 Å². The van der Waals surface area contributed by atoms with E-state index in [2.05, 4.69) is 20.5 Å². The summed E-state index contributed by atoms with van der Waals surface area (Å²) in [5.41, 5.74) is 3.86. The van der Waals surface area contributed by atoms with E-state index in [1.165, 1.54) is 12.3 Å². The Hall–Kier alpha value is -3.35. The number of nitrogens with zero attached hydrogens (tertiary/aromatic N) is 2. The highest BCUT2D eigenvalue weighted by Crippen LogP contribution is 2.07. The summed E-state index contributed by atoms with van der Waals surface area (Å²) in [6, 6.07) is 13.3. The van der Waals surface area contributed by atoms with E-state index < -0.39 is 5.82 Å². The number of nitrogens with one attached hydrogen (secondary N) is 2. The molecule has 7 heteroatoms. The van der Waals surface area contributed by atoms with Gasteiger partial charge >= 0.3 is 0 Å². The fourth-order valence-electron chi connectivity index (χ4n) is 2.28. The molecule has 0 atom stereocenters. The monoisotopic (exact) mass is 338 g/mol. The Morgan fingerprint density at radius 3 is 2.80 bits per heavy atom. The Morgan fingerprint density at radius 1 is 1.20 bits per heavy atom. The number of hydrazone groups is 1. The Kier molecular flexibility index (Phi) is 4.94. The fraction of sp³-hybridized carbons (Fsp3) is 0.111. The number of fused-ring (bicyclic) bond motifs is 1. The predicted molar refractivity (Wildman–Crippen MR) is 92.8 cm³/mol. The van der Waals surface area contributed by atoms with Gasteiger partial charge in [-0.1, -0.05) is 30.3 Å². The minimum absolute atomic E-state index is 0.0447. The van der Waals surface area contributed by atoms with Crippen molar-refractivity contribution in [1.82, 2.24) is 15.4 Å². The summed E-state index contributed by atoms with van der Waals surface area (Å²) in [7, 11) is 0. The SMILES string of the molecule is O=C(CCc1nc2ccccc2[nH]c1=O)N/N=C/c1ccccc1F. The Bertz CT molecular complexity index is 998. The number of carbonyl (C=O) groups is 1. The van der Waals surface area contributed by atoms with E-state index in [-0.39, 0.29) is 35.6 Å². The van der Waals surface area contributed by atoms with Crippen LogP contribution < -0.4 is 11.0 Å². The molecule has 0 aliphatic carbocycles. The third kappa shape index (κ3) is 4.14. The van der Waals surface area contributed by atoms with Crippen molar-refractivity contribution in [2.24, 2.45) is 5.10 Å². The number of aromatic nitrogens is 2. The van der Waals surface area contributed by atoms with E-state index in [0.29, 0.717) is 11.0 Å². The van der Waals surface area contributed by atoms with E-state index >= 15 is 0 Å². The zero-order valence-electron chi connectivity index (χ0n) is 13.2. The highest BCUT2D eigenvalue weighted by molar-refractivity contribution is 5.82. The average Bonchev–Trinajstić information content (AvgIpc) is 2.61. The summed E-state index contributed by atoms with van der Waals surface area (Å²) in [5.74, 6) is -0.811. The topological polar surface area (TPSA) is 87.2 Å². The number of hydrogen-bond donors (Lipinski definition) is 2. The van der Waals surface area contributed by atoms with Gasteiger partial charge in [-0.05, 0) is 18.2 Å². The van der Waals surface area contributed by atoms with Crippen molar-refractivity contribution in [1.29, 1.82) is 0 Å². The fourth-order valence-corrected chi connectivity index (χ4v) is 2.28. The summed E-state index contributed by atoms with van der Waals surface area (Å²) in [6.07, 6.45) is 1.46. The highest BCUT2D eigenvalue weighted by Gasteiger charge is 2.07. The standard InChI is InChI=1S/C18H15FN4O2/c19-13-6-2-1-5-12(13)11-20-23-17(24)10-9-16-18(25)22-15-8-4-3-7-14(15)21-16/h1-8,11H,9-10H2,(H,22,25)(H,23,24)/b20-11+. The van der Waals surface area contributed by atoms with E-state index in [1.807, 2.05) is 6.07 Å². The quantitative estimate of drug-likeness (QED) is 0.552. The van der Waals surface area contributed by atoms with Gasteiger partial charge in [-0.25, -0.2) is 14.8 Å². The van der Waals surface area contributed by atoms with E-state index in [9.17, 15) is 14.0 Å². The molecule has 0 fully saturated rings. The normalized spacial score (nSPS) is 11.1. The molecule has 0 aliphatic rings. The summed E-state index contributed by atoms with van der Waals surface area (Å²) in [6.45, 7) is 0. The van der Waals surface area contributed by atoms with Gasteiger partial charge in [-0.2, -0.15) is 5.10 Å². The Morgan fingerprint density at radius 2 is 1.96 bits per heavy atom. The van der Waals surface area contributed by atoms with Crippen molar-refractivity contribution in [2.45, 2.75) is 12.8 Å². The molecule has 0 bridgehead atoms. The van der Waals surface area contributed by atoms with Crippen LogP contribution in [0.2, 0.25) is 0 Å². The maximum Gasteiger partial charge on any atom is 0.270 e. The first-order chi connectivity index (χ1) is 12.1. The third-order valence-corrected chi connectivity index (χ3v) is 3.56. The number of H-pyrrole nitrogens is 1. The number of para-hydroxylation sites is 2. The van der Waals surface area contributed by atoms with Crippen molar-refractivity contribution in [2.75, 3.05) is 0 Å². The Labute approximate surface area is 142 Å². The summed E-state index contributed by atoms with van der Waals surface area (Å²) in [4.78, 5) is 30.8. The molecule has 126 valence electrons. The van der Waals surface area contributed by atoms with Crippen LogP contribution in [-0.4, -0.2) is 22.1 Å². The number of benzene rings is 2. The maximum absolute atomic E-state index is 13.4. The molecule has 2 aromatic carbocycles. The van der Waals surface area contributed by atoms with Gasteiger partial charge in [-0.3, -0.25) is 9.59 Å². The summed E-state index contributed by atoms with van der Waals surface area (Å²) in [5, 5.41) is 3.72. The van der Waals surface area contributed by atoms with Crippen LogP contribution in [0, 0.1) is 5.82 Å². The molecule has 3 aromatic rings. The van der Waals surface area contributed by atoms with Gasteiger partial charge in [0.25, 0.3) is 5.56 Å². The van der Waals surface area contributed by atoms with Crippen LogP contribution in [0.3, 0.4) is 0 Å². The number of aryl methyl sites for hydroxylation is 1. The number of hydrogen-bond acceptors (Lipinski definition) is 4. The zero-order valence-corrected chi connectivity index (χ0v) is 13.2. The van der Waals surface area contributed by atoms with Gasteiger partial charge in [0.2, 0.25) is 5.91 Å². The van der Waals surface area contributed by atoms with Crippen molar-refractivity contribution in [3.63, 3.8) is 0 Å². The molecule has 0 saturated heterocycles. The third-order valence-electron chi connectivity index (χ3n) is 3.56. The van der Waals surface area contributed by atoms with E-state index in [0.717, 1.165) is 0 Å². The minimum Gasteiger partial charge on any atom is -0.319 e. The van der Waals surface area contributed by atoms with E-state index in [4.69, 9.17) is 0 Å². The lowest BCUT2D eigenvalue weighted by Gasteiger charge is -2.02. The molecule has 0 unspecified atom stereocenters. The lowest BCUT2D eigenvalue weighted by Crippen LogP contribution is -2.21. The second-order valence-corrected chi connectivity index (χ2v) is 5.34. The smallest absolute Gasteiger partial charge is 0.270 e. The molecule has 1 amide bonds. The van der Waals surface area contributed by atoms with E-state index in [1.54, 1.807) is 36.4 Å². The van der Waals surface area contributed by atoms with Gasteiger partial charge in [0.1, 0.15) is 11.5 Å². The number of rotatable bonds is 5. The average molecular weight is 338 g/mol. The van der Waals surface area contributed by atoms with Crippen LogP contribution in [0.4, 0.5) is 4.39 Å². The number of aromatic amines is 1. The van der Waals surface area contributed by atoms with Crippen LogP contribution in [0.1, 0.15) is 17.7 Å². The molecule has 3 rings (SSSR count). The molecule has 1 aromatic heterocycles. The van der Waals surface area contributed by atoms with Crippen molar-refractivity contribution < 1.29 is 9.18 Å². The molecule has 6 nitrogen and oxygen atoms in total. The van der Waals surface area contributed by atoms with Gasteiger partial charge in [0, 0.05) is 18.4 Å². The molecule has 1 heterocycles. The second kappa shape index (κ2) is 7.48. The number of carbonyl (C=O) groups excluding carboxylic acids is 1. The summed E-state index contributed by atoms with van der Waals surface area (Å²) < 4.78 is 13.4. The maximum atomic E-state index is 13.4. The molecule has 0 saturated carbocycles. The van der Waals surface area contributed by atoms with Crippen molar-refractivity contribution in [3.05, 3.63) is 76.0 Å². The predicted octanol–water partition coefficient (Wildman–Crippen LogP) is 2.15. The second-order valence-electron chi connectivity index (χ2n) is 5.34. The van der Waals surface area contributed by atoms with Crippen LogP contribution in [0.15, 0.2) is 58.4 Å². The first-order valence-corrected chi connectivity index (χ1v) is 7.68. The van der Waals surface area contributed by atoms with Crippen molar-refractivity contribution >= 4 is 23.2 Å². The lowest BCUT2D eigenvalue weighted by atomic mass is 10.2. The van der Waals surface area contributed by atoms with Gasteiger partial charge in [0.15, 0.2) is 0 Å². The largest absolute Gasteiger partial charge is 0.319 e. The highest BCUT2D eigenvalue weighted by atomic mass is 19.1. The number of halogens is 1.